The number of nitrogens with zero attached hydrogens (tertiary/aromatic N) is 1. The highest BCUT2D eigenvalue weighted by molar-refractivity contribution is 14.1. The molecule has 18 heavy (non-hydrogen) atoms. The zero-order valence-corrected chi connectivity index (χ0v) is 10.8. The Morgan fingerprint density at radius 3 is 2.39 bits per heavy atom. The van der Waals surface area contributed by atoms with Crippen LogP contribution in [-0.2, 0) is 10.9 Å². The second-order valence-electron chi connectivity index (χ2n) is 3.04. The molecule has 0 spiro atoms. The van der Waals surface area contributed by atoms with Crippen molar-refractivity contribution in [3.8, 4) is 0 Å². The lowest BCUT2D eigenvalue weighted by Gasteiger charge is -2.14. The van der Waals surface area contributed by atoms with Crippen molar-refractivity contribution in [1.29, 1.82) is 0 Å². The number of alkyl halides is 5. The maximum absolute atomic E-state index is 12.6. The summed E-state index contributed by atoms with van der Waals surface area (Å²) in [5.41, 5.74) is -3.68. The van der Waals surface area contributed by atoms with Crippen LogP contribution in [0.25, 0.3) is 0 Å². The Morgan fingerprint density at radius 2 is 2.00 bits per heavy atom. The van der Waals surface area contributed by atoms with Gasteiger partial charge in [0.1, 0.15) is 5.69 Å². The third-order valence-corrected chi connectivity index (χ3v) is 2.78. The predicted octanol–water partition coefficient (Wildman–Crippen LogP) is 3.43. The summed E-state index contributed by atoms with van der Waals surface area (Å²) in [6.45, 7) is 0. The normalized spacial score (nSPS) is 11.8. The van der Waals surface area contributed by atoms with E-state index in [4.69, 9.17) is 0 Å². The highest BCUT2D eigenvalue weighted by atomic mass is 127. The number of ether oxygens (including phenoxy) is 1. The van der Waals surface area contributed by atoms with Crippen LogP contribution < -0.4 is 0 Å². The number of halogens is 6. The summed E-state index contributed by atoms with van der Waals surface area (Å²) in [5, 5.41) is 0. The highest BCUT2D eigenvalue weighted by Gasteiger charge is 2.40. The molecule has 0 radical (unpaired) electrons. The zero-order valence-electron chi connectivity index (χ0n) is 8.69. The molecule has 1 aromatic heterocycles. The van der Waals surface area contributed by atoms with Gasteiger partial charge in [-0.1, -0.05) is 0 Å². The van der Waals surface area contributed by atoms with Crippen LogP contribution in [0, 0.1) is 3.57 Å². The number of carbonyl (C=O) groups is 1. The first kappa shape index (κ1) is 15.1. The lowest BCUT2D eigenvalue weighted by Crippen LogP contribution is -2.17. The predicted molar refractivity (Wildman–Crippen MR) is 58.3 cm³/mol. The fraction of sp³-hybridized carbons (Fsp3) is 0.333. The Kier molecular flexibility index (Phi) is 4.46. The van der Waals surface area contributed by atoms with E-state index in [1.54, 1.807) is 0 Å². The molecule has 0 atom stereocenters. The molecule has 0 aliphatic rings. The largest absolute Gasteiger partial charge is 0.464 e. The van der Waals surface area contributed by atoms with E-state index in [0.29, 0.717) is 0 Å². The van der Waals surface area contributed by atoms with Crippen molar-refractivity contribution < 1.29 is 31.5 Å². The van der Waals surface area contributed by atoms with Crippen molar-refractivity contribution in [2.75, 3.05) is 7.11 Å². The van der Waals surface area contributed by atoms with Crippen LogP contribution in [0.15, 0.2) is 6.07 Å². The number of methoxy groups -OCH3 is 1. The van der Waals surface area contributed by atoms with Gasteiger partial charge in [-0.25, -0.2) is 18.6 Å². The molecule has 0 unspecified atom stereocenters. The Hall–Kier alpha value is -1.00. The van der Waals surface area contributed by atoms with Crippen molar-refractivity contribution in [3.05, 3.63) is 26.6 Å². The van der Waals surface area contributed by atoms with Gasteiger partial charge in [0.15, 0.2) is 5.69 Å². The molecule has 0 N–H and O–H groups in total. The van der Waals surface area contributed by atoms with Crippen LogP contribution in [0.2, 0.25) is 0 Å². The number of esters is 1. The third kappa shape index (κ3) is 3.06. The Morgan fingerprint density at radius 1 is 1.44 bits per heavy atom. The third-order valence-electron chi connectivity index (χ3n) is 1.89. The summed E-state index contributed by atoms with van der Waals surface area (Å²) in [7, 11) is 0.950. The number of aromatic nitrogens is 1. The van der Waals surface area contributed by atoms with Crippen LogP contribution in [0.3, 0.4) is 0 Å². The monoisotopic (exact) mass is 381 g/mol. The van der Waals surface area contributed by atoms with Crippen molar-refractivity contribution in [3.63, 3.8) is 0 Å². The molecule has 1 aromatic rings. The van der Waals surface area contributed by atoms with Gasteiger partial charge in [0.2, 0.25) is 0 Å². The molecule has 100 valence electrons. The van der Waals surface area contributed by atoms with E-state index < -0.39 is 39.1 Å². The van der Waals surface area contributed by atoms with Crippen LogP contribution in [0.1, 0.15) is 28.2 Å². The summed E-state index contributed by atoms with van der Waals surface area (Å²) in [5.74, 6) is -1.13. The maximum atomic E-state index is 12.6. The summed E-state index contributed by atoms with van der Waals surface area (Å²) >= 11 is 1.29. The van der Waals surface area contributed by atoms with Gasteiger partial charge in [0.25, 0.3) is 6.43 Å². The quantitative estimate of drug-likeness (QED) is 0.448. The molecule has 0 amide bonds. The van der Waals surface area contributed by atoms with Crippen molar-refractivity contribution in [1.82, 2.24) is 4.98 Å². The number of hydrogen-bond acceptors (Lipinski definition) is 3. The second kappa shape index (κ2) is 5.33. The summed E-state index contributed by atoms with van der Waals surface area (Å²) in [6.07, 6.45) is -8.41. The summed E-state index contributed by atoms with van der Waals surface area (Å²) < 4.78 is 66.7. The first-order valence-electron chi connectivity index (χ1n) is 4.32. The number of hydrogen-bond donors (Lipinski definition) is 0. The van der Waals surface area contributed by atoms with E-state index >= 15 is 0 Å². The van der Waals surface area contributed by atoms with Crippen LogP contribution in [0.5, 0.6) is 0 Å². The van der Waals surface area contributed by atoms with E-state index in [1.165, 1.54) is 22.6 Å². The summed E-state index contributed by atoms with van der Waals surface area (Å²) in [4.78, 5) is 14.0. The fourth-order valence-corrected chi connectivity index (χ4v) is 1.94. The van der Waals surface area contributed by atoms with Gasteiger partial charge in [-0.3, -0.25) is 0 Å². The molecule has 0 fully saturated rings. The van der Waals surface area contributed by atoms with Gasteiger partial charge >= 0.3 is 12.1 Å². The first-order valence-corrected chi connectivity index (χ1v) is 5.40. The Balaban J connectivity index is 3.52. The molecule has 0 bridgehead atoms. The van der Waals surface area contributed by atoms with E-state index in [9.17, 15) is 26.7 Å². The lowest BCUT2D eigenvalue weighted by atomic mass is 10.1. The SMILES string of the molecule is COC(=O)c1cc(I)c(C(F)F)c(C(F)(F)F)n1. The topological polar surface area (TPSA) is 39.2 Å². The fourth-order valence-electron chi connectivity index (χ4n) is 1.16. The standard InChI is InChI=1S/C9H5F5INO2/c1-18-8(17)4-2-3(15)5(7(10)11)6(16-4)9(12,13)14/h2,7H,1H3. The van der Waals surface area contributed by atoms with E-state index in [1.807, 2.05) is 0 Å². The minimum atomic E-state index is -5.07. The minimum absolute atomic E-state index is 0.398. The van der Waals surface area contributed by atoms with E-state index in [-0.39, 0.29) is 0 Å². The van der Waals surface area contributed by atoms with Gasteiger partial charge in [-0.15, -0.1) is 0 Å². The van der Waals surface area contributed by atoms with Crippen LogP contribution in [-0.4, -0.2) is 18.1 Å². The maximum Gasteiger partial charge on any atom is 0.433 e. The Bertz CT molecular complexity index is 475. The number of carbonyl (C=O) groups excluding carboxylic acids is 1. The second-order valence-corrected chi connectivity index (χ2v) is 4.20. The average Bonchev–Trinajstić information content (AvgIpc) is 2.25. The molecule has 1 rings (SSSR count). The van der Waals surface area contributed by atoms with Crippen LogP contribution in [0.4, 0.5) is 22.0 Å². The van der Waals surface area contributed by atoms with Gasteiger partial charge in [0, 0.05) is 3.57 Å². The number of pyridine rings is 1. The molecule has 9 heteroatoms. The van der Waals surface area contributed by atoms with Gasteiger partial charge < -0.3 is 4.74 Å². The van der Waals surface area contributed by atoms with Crippen molar-refractivity contribution >= 4 is 28.6 Å². The molecular weight excluding hydrogens is 376 g/mol. The highest BCUT2D eigenvalue weighted by Crippen LogP contribution is 2.37. The van der Waals surface area contributed by atoms with Crippen LogP contribution >= 0.6 is 22.6 Å². The summed E-state index contributed by atoms with van der Waals surface area (Å²) in [6, 6.07) is 0.823. The van der Waals surface area contributed by atoms with Gasteiger partial charge in [0.05, 0.1) is 12.7 Å². The number of rotatable bonds is 2. The van der Waals surface area contributed by atoms with Gasteiger partial charge in [-0.2, -0.15) is 13.2 Å². The zero-order chi connectivity index (χ0) is 14.1. The minimum Gasteiger partial charge on any atom is -0.464 e. The molecule has 0 aromatic carbocycles. The van der Waals surface area contributed by atoms with E-state index in [0.717, 1.165) is 13.2 Å². The average molecular weight is 381 g/mol. The smallest absolute Gasteiger partial charge is 0.433 e. The molecule has 0 aliphatic carbocycles. The molecular formula is C9H5F5INO2. The first-order chi connectivity index (χ1) is 8.18. The molecule has 1 heterocycles. The van der Waals surface area contributed by atoms with E-state index in [2.05, 4.69) is 9.72 Å². The lowest BCUT2D eigenvalue weighted by molar-refractivity contribution is -0.143. The molecule has 0 saturated carbocycles. The molecule has 0 saturated heterocycles. The van der Waals surface area contributed by atoms with Crippen molar-refractivity contribution in [2.45, 2.75) is 12.6 Å². The molecule has 3 nitrogen and oxygen atoms in total. The molecule has 0 aliphatic heterocycles. The van der Waals surface area contributed by atoms with Gasteiger partial charge in [-0.05, 0) is 28.7 Å². The Labute approximate surface area is 111 Å². The van der Waals surface area contributed by atoms with Crippen molar-refractivity contribution in [2.24, 2.45) is 0 Å².